The smallest absolute Gasteiger partial charge is 0.235 e. The number of aromatic nitrogens is 4. The van der Waals surface area contributed by atoms with Crippen LogP contribution in [-0.4, -0.2) is 32.5 Å². The molecule has 126 valence electrons. The molecule has 1 aromatic carbocycles. The van der Waals surface area contributed by atoms with Gasteiger partial charge in [-0.2, -0.15) is 0 Å². The number of carbonyl (C=O) groups is 1. The van der Waals surface area contributed by atoms with E-state index in [4.69, 9.17) is 4.74 Å². The largest absolute Gasteiger partial charge is 0.496 e. The number of nitrogens with zero attached hydrogens (tertiary/aromatic N) is 4. The summed E-state index contributed by atoms with van der Waals surface area (Å²) in [6, 6.07) is 7.66. The lowest BCUT2D eigenvalue weighted by Crippen LogP contribution is -2.28. The van der Waals surface area contributed by atoms with Gasteiger partial charge in [-0.05, 0) is 18.9 Å². The zero-order valence-electron chi connectivity index (χ0n) is 13.7. The second kappa shape index (κ2) is 6.01. The third-order valence-corrected chi connectivity index (χ3v) is 4.44. The summed E-state index contributed by atoms with van der Waals surface area (Å²) in [5.74, 6) is 1.18. The van der Waals surface area contributed by atoms with E-state index in [1.165, 1.54) is 0 Å². The van der Waals surface area contributed by atoms with Crippen LogP contribution in [0.25, 0.3) is 5.95 Å². The number of methoxy groups -OCH3 is 1. The van der Waals surface area contributed by atoms with Gasteiger partial charge in [-0.15, -0.1) is 0 Å². The first-order valence-corrected chi connectivity index (χ1v) is 7.98. The molecule has 1 amide bonds. The summed E-state index contributed by atoms with van der Waals surface area (Å²) in [6.07, 6.45) is 9.82. The van der Waals surface area contributed by atoms with Crippen molar-refractivity contribution in [3.63, 3.8) is 0 Å². The molecule has 2 heterocycles. The van der Waals surface area contributed by atoms with Gasteiger partial charge in [0.25, 0.3) is 0 Å². The van der Waals surface area contributed by atoms with Crippen molar-refractivity contribution in [2.24, 2.45) is 0 Å². The summed E-state index contributed by atoms with van der Waals surface area (Å²) in [5, 5.41) is 2.92. The molecule has 25 heavy (non-hydrogen) atoms. The number of anilines is 1. The minimum Gasteiger partial charge on any atom is -0.496 e. The molecule has 1 aliphatic rings. The molecular weight excluding hydrogens is 318 g/mol. The zero-order chi connectivity index (χ0) is 17.3. The molecule has 3 aromatic rings. The van der Waals surface area contributed by atoms with E-state index in [0.717, 1.165) is 24.2 Å². The number of imidazole rings is 1. The predicted molar refractivity (Wildman–Crippen MR) is 91.7 cm³/mol. The molecule has 1 N–H and O–H groups in total. The van der Waals surface area contributed by atoms with Gasteiger partial charge in [0.15, 0.2) is 0 Å². The van der Waals surface area contributed by atoms with Crippen molar-refractivity contribution in [3.05, 3.63) is 60.9 Å². The van der Waals surface area contributed by atoms with Crippen molar-refractivity contribution in [3.8, 4) is 11.7 Å². The van der Waals surface area contributed by atoms with Gasteiger partial charge in [0.1, 0.15) is 12.1 Å². The molecule has 1 aliphatic carbocycles. The lowest BCUT2D eigenvalue weighted by atomic mass is 9.94. The molecule has 0 radical (unpaired) electrons. The molecule has 7 heteroatoms. The van der Waals surface area contributed by atoms with Crippen LogP contribution in [0, 0.1) is 0 Å². The highest BCUT2D eigenvalue weighted by Crippen LogP contribution is 2.51. The minimum atomic E-state index is -0.532. The van der Waals surface area contributed by atoms with Crippen LogP contribution in [0.3, 0.4) is 0 Å². The molecular formula is C18H17N5O2. The average Bonchev–Trinajstić information content (AvgIpc) is 3.29. The Morgan fingerprint density at radius 3 is 2.64 bits per heavy atom. The maximum Gasteiger partial charge on any atom is 0.235 e. The van der Waals surface area contributed by atoms with Crippen LogP contribution in [0.4, 0.5) is 5.69 Å². The summed E-state index contributed by atoms with van der Waals surface area (Å²) in [5.41, 5.74) is 0.955. The summed E-state index contributed by atoms with van der Waals surface area (Å²) < 4.78 is 7.11. The Morgan fingerprint density at radius 1 is 1.24 bits per heavy atom. The summed E-state index contributed by atoms with van der Waals surface area (Å²) in [7, 11) is 1.62. The number of benzene rings is 1. The molecule has 0 aliphatic heterocycles. The lowest BCUT2D eigenvalue weighted by Gasteiger charge is -2.18. The Morgan fingerprint density at radius 2 is 2.00 bits per heavy atom. The normalized spacial score (nSPS) is 14.8. The number of rotatable bonds is 5. The van der Waals surface area contributed by atoms with Gasteiger partial charge < -0.3 is 10.1 Å². The van der Waals surface area contributed by atoms with Gasteiger partial charge >= 0.3 is 0 Å². The molecule has 0 unspecified atom stereocenters. The fourth-order valence-electron chi connectivity index (χ4n) is 2.93. The van der Waals surface area contributed by atoms with E-state index in [9.17, 15) is 4.79 Å². The van der Waals surface area contributed by atoms with Crippen LogP contribution in [0.1, 0.15) is 18.4 Å². The third-order valence-electron chi connectivity index (χ3n) is 4.44. The molecule has 0 saturated heterocycles. The van der Waals surface area contributed by atoms with Gasteiger partial charge in [-0.1, -0.05) is 18.2 Å². The second-order valence-electron chi connectivity index (χ2n) is 5.98. The van der Waals surface area contributed by atoms with Crippen LogP contribution in [0.15, 0.2) is 55.4 Å². The van der Waals surface area contributed by atoms with E-state index >= 15 is 0 Å². The number of amides is 1. The monoisotopic (exact) mass is 335 g/mol. The topological polar surface area (TPSA) is 81.9 Å². The van der Waals surface area contributed by atoms with E-state index in [1.807, 2.05) is 24.3 Å². The number of nitrogens with one attached hydrogen (secondary N) is 1. The van der Waals surface area contributed by atoms with E-state index in [2.05, 4.69) is 20.3 Å². The molecule has 0 atom stereocenters. The number of para-hydroxylation sites is 1. The van der Waals surface area contributed by atoms with Crippen molar-refractivity contribution >= 4 is 11.6 Å². The summed E-state index contributed by atoms with van der Waals surface area (Å²) >= 11 is 0. The minimum absolute atomic E-state index is 0.0593. The number of hydrogen-bond donors (Lipinski definition) is 1. The highest BCUT2D eigenvalue weighted by molar-refractivity contribution is 6.01. The zero-order valence-corrected chi connectivity index (χ0v) is 13.7. The summed E-state index contributed by atoms with van der Waals surface area (Å²) in [4.78, 5) is 25.3. The SMILES string of the molecule is COc1ccccc1C1(C(=O)Nc2cnc(-n3ccnc3)nc2)CC1. The number of ether oxygens (including phenoxy) is 1. The molecule has 1 fully saturated rings. The maximum atomic E-state index is 12.8. The second-order valence-corrected chi connectivity index (χ2v) is 5.98. The molecule has 2 aromatic heterocycles. The van der Waals surface area contributed by atoms with Crippen LogP contribution < -0.4 is 10.1 Å². The highest BCUT2D eigenvalue weighted by Gasteiger charge is 2.52. The van der Waals surface area contributed by atoms with Crippen LogP contribution in [0.2, 0.25) is 0 Å². The van der Waals surface area contributed by atoms with Gasteiger partial charge in [-0.25, -0.2) is 15.0 Å². The van der Waals surface area contributed by atoms with Crippen molar-refractivity contribution < 1.29 is 9.53 Å². The Hall–Kier alpha value is -3.22. The van der Waals surface area contributed by atoms with E-state index in [0.29, 0.717) is 11.6 Å². The van der Waals surface area contributed by atoms with E-state index < -0.39 is 5.41 Å². The lowest BCUT2D eigenvalue weighted by molar-refractivity contribution is -0.118. The Labute approximate surface area is 144 Å². The van der Waals surface area contributed by atoms with Crippen LogP contribution >= 0.6 is 0 Å². The summed E-state index contributed by atoms with van der Waals surface area (Å²) in [6.45, 7) is 0. The third kappa shape index (κ3) is 2.73. The number of carbonyl (C=O) groups excluding carboxylic acids is 1. The van der Waals surface area contributed by atoms with Crippen molar-refractivity contribution in [1.82, 2.24) is 19.5 Å². The highest BCUT2D eigenvalue weighted by atomic mass is 16.5. The Balaban J connectivity index is 1.54. The average molecular weight is 335 g/mol. The van der Waals surface area contributed by atoms with Gasteiger partial charge in [0.05, 0.1) is 30.6 Å². The van der Waals surface area contributed by atoms with Gasteiger partial charge in [-0.3, -0.25) is 9.36 Å². The van der Waals surface area contributed by atoms with Crippen molar-refractivity contribution in [2.75, 3.05) is 12.4 Å². The molecule has 1 saturated carbocycles. The first-order valence-electron chi connectivity index (χ1n) is 7.98. The van der Waals surface area contributed by atoms with Crippen molar-refractivity contribution in [2.45, 2.75) is 18.3 Å². The van der Waals surface area contributed by atoms with Crippen LogP contribution in [0.5, 0.6) is 5.75 Å². The Kier molecular flexibility index (Phi) is 3.68. The first kappa shape index (κ1) is 15.3. The van der Waals surface area contributed by atoms with Crippen LogP contribution in [-0.2, 0) is 10.2 Å². The molecule has 0 spiro atoms. The fourth-order valence-corrected chi connectivity index (χ4v) is 2.93. The van der Waals surface area contributed by atoms with Gasteiger partial charge in [0.2, 0.25) is 11.9 Å². The number of hydrogen-bond acceptors (Lipinski definition) is 5. The van der Waals surface area contributed by atoms with Gasteiger partial charge in [0, 0.05) is 18.0 Å². The first-order chi connectivity index (χ1) is 12.2. The molecule has 0 bridgehead atoms. The maximum absolute atomic E-state index is 12.8. The van der Waals surface area contributed by atoms with E-state index in [-0.39, 0.29) is 5.91 Å². The molecule has 7 nitrogen and oxygen atoms in total. The quantitative estimate of drug-likeness (QED) is 0.774. The Bertz CT molecular complexity index is 886. The standard InChI is InChI=1S/C18H17N5O2/c1-25-15-5-3-2-4-14(15)18(6-7-18)16(24)22-13-10-20-17(21-11-13)23-9-8-19-12-23/h2-5,8-12H,6-7H2,1H3,(H,22,24). The fraction of sp³-hybridized carbons (Fsp3) is 0.222. The van der Waals surface area contributed by atoms with E-state index in [1.54, 1.807) is 42.8 Å². The molecule has 4 rings (SSSR count). The predicted octanol–water partition coefficient (Wildman–Crippen LogP) is 2.34. The van der Waals surface area contributed by atoms with Crippen molar-refractivity contribution in [1.29, 1.82) is 0 Å².